The Morgan fingerprint density at radius 2 is 1.88 bits per heavy atom. The van der Waals surface area contributed by atoms with Crippen molar-refractivity contribution in [1.29, 1.82) is 0 Å². The second kappa shape index (κ2) is 7.73. The van der Waals surface area contributed by atoms with Crippen molar-refractivity contribution in [1.82, 2.24) is 5.32 Å². The van der Waals surface area contributed by atoms with Crippen LogP contribution in [0.1, 0.15) is 16.8 Å². The van der Waals surface area contributed by atoms with Gasteiger partial charge in [-0.3, -0.25) is 4.79 Å². The van der Waals surface area contributed by atoms with E-state index in [2.05, 4.69) is 5.32 Å². The standard InChI is InChI=1S/C14H16N2O3.C2HF3O2/c17-13-12-4-5-15-7-10(12)8-16(13)11-3-1-2-9(6-11)14(18)19;3-2(4,5)1(6)7/h1-3,6,10,12,15H,4-5,7-8H2,(H,18,19);(H,6,7). The summed E-state index contributed by atoms with van der Waals surface area (Å²) in [6.45, 7) is 2.43. The Morgan fingerprint density at radius 3 is 2.42 bits per heavy atom. The number of fused-ring (bicyclic) bond motifs is 1. The molecule has 0 radical (unpaired) electrons. The highest BCUT2D eigenvalue weighted by molar-refractivity contribution is 5.99. The van der Waals surface area contributed by atoms with E-state index in [0.29, 0.717) is 18.2 Å². The highest BCUT2D eigenvalue weighted by Crippen LogP contribution is 2.33. The minimum Gasteiger partial charge on any atom is -0.478 e. The van der Waals surface area contributed by atoms with Gasteiger partial charge < -0.3 is 20.4 Å². The van der Waals surface area contributed by atoms with E-state index in [0.717, 1.165) is 19.5 Å². The summed E-state index contributed by atoms with van der Waals surface area (Å²) in [5.41, 5.74) is 0.914. The van der Waals surface area contributed by atoms with Gasteiger partial charge in [0, 0.05) is 30.6 Å². The first kappa shape index (κ1) is 19.7. The molecule has 142 valence electrons. The maximum Gasteiger partial charge on any atom is 0.490 e. The van der Waals surface area contributed by atoms with E-state index in [4.69, 9.17) is 15.0 Å². The Balaban J connectivity index is 0.000000298. The van der Waals surface area contributed by atoms with Gasteiger partial charge in [0.1, 0.15) is 0 Å². The summed E-state index contributed by atoms with van der Waals surface area (Å²) in [7, 11) is 0. The predicted octanol–water partition coefficient (Wildman–Crippen LogP) is 1.59. The number of benzene rings is 1. The first-order valence-electron chi connectivity index (χ1n) is 7.77. The Kier molecular flexibility index (Phi) is 5.86. The second-order valence-electron chi connectivity index (χ2n) is 5.97. The molecule has 2 heterocycles. The highest BCUT2D eigenvalue weighted by atomic mass is 19.4. The van der Waals surface area contributed by atoms with Crippen LogP contribution in [0.2, 0.25) is 0 Å². The molecule has 3 N–H and O–H groups in total. The van der Waals surface area contributed by atoms with E-state index in [-0.39, 0.29) is 17.4 Å². The zero-order valence-corrected chi connectivity index (χ0v) is 13.5. The van der Waals surface area contributed by atoms with Gasteiger partial charge in [-0.15, -0.1) is 0 Å². The van der Waals surface area contributed by atoms with Gasteiger partial charge in [-0.1, -0.05) is 6.07 Å². The molecular formula is C16H17F3N2O5. The van der Waals surface area contributed by atoms with Crippen LogP contribution in [0.3, 0.4) is 0 Å². The predicted molar refractivity (Wildman–Crippen MR) is 83.9 cm³/mol. The number of anilines is 1. The number of carbonyl (C=O) groups is 3. The van der Waals surface area contributed by atoms with Crippen LogP contribution in [0, 0.1) is 11.8 Å². The summed E-state index contributed by atoms with van der Waals surface area (Å²) in [4.78, 5) is 34.0. The first-order valence-corrected chi connectivity index (χ1v) is 7.77. The summed E-state index contributed by atoms with van der Waals surface area (Å²) in [6, 6.07) is 6.60. The third-order valence-electron chi connectivity index (χ3n) is 4.26. The molecule has 10 heteroatoms. The molecule has 26 heavy (non-hydrogen) atoms. The molecule has 0 aliphatic carbocycles. The van der Waals surface area contributed by atoms with Gasteiger partial charge in [-0.05, 0) is 31.2 Å². The van der Waals surface area contributed by atoms with Crippen molar-refractivity contribution in [3.8, 4) is 0 Å². The molecule has 1 aromatic carbocycles. The lowest BCUT2D eigenvalue weighted by Crippen LogP contribution is -2.36. The van der Waals surface area contributed by atoms with Crippen molar-refractivity contribution < 1.29 is 37.8 Å². The van der Waals surface area contributed by atoms with Gasteiger partial charge in [0.05, 0.1) is 5.56 Å². The average Bonchev–Trinajstić information content (AvgIpc) is 2.92. The van der Waals surface area contributed by atoms with E-state index in [9.17, 15) is 22.8 Å². The molecule has 2 unspecified atom stereocenters. The third kappa shape index (κ3) is 4.51. The lowest BCUT2D eigenvalue weighted by molar-refractivity contribution is -0.192. The molecule has 0 spiro atoms. The van der Waals surface area contributed by atoms with Crippen LogP contribution >= 0.6 is 0 Å². The fourth-order valence-corrected chi connectivity index (χ4v) is 3.00. The summed E-state index contributed by atoms with van der Waals surface area (Å²) >= 11 is 0. The van der Waals surface area contributed by atoms with Crippen LogP contribution in [-0.4, -0.2) is 53.9 Å². The van der Waals surface area contributed by atoms with Crippen LogP contribution in [0.5, 0.6) is 0 Å². The zero-order chi connectivity index (χ0) is 19.5. The SMILES string of the molecule is O=C(O)C(F)(F)F.O=C(O)c1cccc(N2CC3CNCCC3C2=O)c1. The number of halogens is 3. The van der Waals surface area contributed by atoms with Crippen molar-refractivity contribution in [3.05, 3.63) is 29.8 Å². The summed E-state index contributed by atoms with van der Waals surface area (Å²) in [5.74, 6) is -3.15. The summed E-state index contributed by atoms with van der Waals surface area (Å²) < 4.78 is 31.7. The second-order valence-corrected chi connectivity index (χ2v) is 5.97. The van der Waals surface area contributed by atoms with Gasteiger partial charge >= 0.3 is 18.1 Å². The number of rotatable bonds is 2. The number of nitrogens with one attached hydrogen (secondary N) is 1. The molecule has 7 nitrogen and oxygen atoms in total. The van der Waals surface area contributed by atoms with E-state index in [1.807, 2.05) is 0 Å². The topological polar surface area (TPSA) is 107 Å². The molecule has 2 saturated heterocycles. The van der Waals surface area contributed by atoms with Crippen LogP contribution in [0.25, 0.3) is 0 Å². The minimum absolute atomic E-state index is 0.0923. The van der Waals surface area contributed by atoms with Gasteiger partial charge in [0.2, 0.25) is 5.91 Å². The van der Waals surface area contributed by atoms with E-state index < -0.39 is 18.1 Å². The van der Waals surface area contributed by atoms with E-state index in [1.165, 1.54) is 0 Å². The molecule has 0 aromatic heterocycles. The number of carboxylic acid groups (broad SMARTS) is 2. The molecule has 2 atom stereocenters. The summed E-state index contributed by atoms with van der Waals surface area (Å²) in [6.07, 6.45) is -4.21. The Labute approximate surface area is 146 Å². The van der Waals surface area contributed by atoms with Crippen molar-refractivity contribution in [2.24, 2.45) is 11.8 Å². The molecule has 1 amide bonds. The molecular weight excluding hydrogens is 357 g/mol. The molecule has 2 fully saturated rings. The van der Waals surface area contributed by atoms with Gasteiger partial charge in [-0.25, -0.2) is 9.59 Å². The number of aromatic carboxylic acids is 1. The Hall–Kier alpha value is -2.62. The monoisotopic (exact) mass is 374 g/mol. The lowest BCUT2D eigenvalue weighted by atomic mass is 9.89. The van der Waals surface area contributed by atoms with Crippen molar-refractivity contribution in [3.63, 3.8) is 0 Å². The van der Waals surface area contributed by atoms with Gasteiger partial charge in [0.25, 0.3) is 0 Å². The Bertz CT molecular complexity index is 707. The fourth-order valence-electron chi connectivity index (χ4n) is 3.00. The van der Waals surface area contributed by atoms with Crippen LogP contribution < -0.4 is 10.2 Å². The molecule has 2 aliphatic rings. The molecule has 0 saturated carbocycles. The lowest BCUT2D eigenvalue weighted by Gasteiger charge is -2.22. The van der Waals surface area contributed by atoms with E-state index >= 15 is 0 Å². The normalized spacial score (nSPS) is 22.3. The number of piperidine rings is 1. The van der Waals surface area contributed by atoms with Crippen LogP contribution in [0.15, 0.2) is 24.3 Å². The minimum atomic E-state index is -5.08. The number of amides is 1. The fraction of sp³-hybridized carbons (Fsp3) is 0.438. The zero-order valence-electron chi connectivity index (χ0n) is 13.5. The number of carboxylic acids is 2. The maximum absolute atomic E-state index is 12.4. The van der Waals surface area contributed by atoms with Gasteiger partial charge in [0.15, 0.2) is 0 Å². The van der Waals surface area contributed by atoms with Crippen LogP contribution in [-0.2, 0) is 9.59 Å². The van der Waals surface area contributed by atoms with Gasteiger partial charge in [-0.2, -0.15) is 13.2 Å². The largest absolute Gasteiger partial charge is 0.490 e. The average molecular weight is 374 g/mol. The molecule has 3 rings (SSSR count). The molecule has 0 bridgehead atoms. The quantitative estimate of drug-likeness (QED) is 0.726. The van der Waals surface area contributed by atoms with E-state index in [1.54, 1.807) is 29.2 Å². The maximum atomic E-state index is 12.4. The van der Waals surface area contributed by atoms with Crippen molar-refractivity contribution >= 4 is 23.5 Å². The number of nitrogens with zero attached hydrogens (tertiary/aromatic N) is 1. The highest BCUT2D eigenvalue weighted by Gasteiger charge is 2.42. The van der Waals surface area contributed by atoms with Crippen molar-refractivity contribution in [2.75, 3.05) is 24.5 Å². The third-order valence-corrected chi connectivity index (χ3v) is 4.26. The Morgan fingerprint density at radius 1 is 1.23 bits per heavy atom. The van der Waals surface area contributed by atoms with Crippen molar-refractivity contribution in [2.45, 2.75) is 12.6 Å². The number of alkyl halides is 3. The molecule has 2 aliphatic heterocycles. The van der Waals surface area contributed by atoms with Crippen LogP contribution in [0.4, 0.5) is 18.9 Å². The molecule has 1 aromatic rings. The number of carbonyl (C=O) groups excluding carboxylic acids is 1. The number of aliphatic carboxylic acids is 1. The number of hydrogen-bond donors (Lipinski definition) is 3. The summed E-state index contributed by atoms with van der Waals surface area (Å²) in [5, 5.41) is 19.4. The first-order chi connectivity index (χ1) is 12.1. The smallest absolute Gasteiger partial charge is 0.478 e. The number of hydrogen-bond acceptors (Lipinski definition) is 4.